The van der Waals surface area contributed by atoms with Gasteiger partial charge in [0, 0.05) is 36.1 Å². The SMILES string of the molecule is C[C@H]1CNCCN1C(=O)c1cccc(OCc2cccs2)c1. The van der Waals surface area contributed by atoms with Crippen LogP contribution in [-0.2, 0) is 6.61 Å². The number of nitrogens with one attached hydrogen (secondary N) is 1. The summed E-state index contributed by atoms with van der Waals surface area (Å²) in [4.78, 5) is 15.7. The van der Waals surface area contributed by atoms with Gasteiger partial charge in [-0.3, -0.25) is 4.79 Å². The number of amides is 1. The Kier molecular flexibility index (Phi) is 4.75. The first-order chi connectivity index (χ1) is 10.7. The average molecular weight is 316 g/mol. The molecule has 0 bridgehead atoms. The number of hydrogen-bond donors (Lipinski definition) is 1. The summed E-state index contributed by atoms with van der Waals surface area (Å²) >= 11 is 1.67. The number of thiophene rings is 1. The molecule has 2 heterocycles. The van der Waals surface area contributed by atoms with Crippen LogP contribution in [0, 0.1) is 0 Å². The lowest BCUT2D eigenvalue weighted by atomic mass is 10.1. The van der Waals surface area contributed by atoms with Gasteiger partial charge in [-0.2, -0.15) is 0 Å². The van der Waals surface area contributed by atoms with Crippen molar-refractivity contribution in [3.05, 3.63) is 52.2 Å². The van der Waals surface area contributed by atoms with Gasteiger partial charge in [0.15, 0.2) is 0 Å². The molecule has 4 nitrogen and oxygen atoms in total. The molecule has 22 heavy (non-hydrogen) atoms. The molecule has 1 saturated heterocycles. The molecule has 0 saturated carbocycles. The first-order valence-corrected chi connectivity index (χ1v) is 8.39. The Morgan fingerprint density at radius 3 is 3.09 bits per heavy atom. The molecule has 1 aliphatic rings. The summed E-state index contributed by atoms with van der Waals surface area (Å²) in [5.41, 5.74) is 0.692. The fourth-order valence-electron chi connectivity index (χ4n) is 2.58. The maximum absolute atomic E-state index is 12.6. The van der Waals surface area contributed by atoms with Gasteiger partial charge < -0.3 is 15.0 Å². The van der Waals surface area contributed by atoms with Crippen molar-refractivity contribution in [2.75, 3.05) is 19.6 Å². The quantitative estimate of drug-likeness (QED) is 0.943. The summed E-state index contributed by atoms with van der Waals surface area (Å²) in [6, 6.07) is 11.7. The Bertz CT molecular complexity index is 627. The van der Waals surface area contributed by atoms with Crippen molar-refractivity contribution in [3.63, 3.8) is 0 Å². The standard InChI is InChI=1S/C17H20N2O2S/c1-13-11-18-7-8-19(13)17(20)14-4-2-5-15(10-14)21-12-16-6-3-9-22-16/h2-6,9-10,13,18H,7-8,11-12H2,1H3/t13-/m0/s1. The van der Waals surface area contributed by atoms with Crippen molar-refractivity contribution < 1.29 is 9.53 Å². The van der Waals surface area contributed by atoms with Gasteiger partial charge in [-0.1, -0.05) is 12.1 Å². The summed E-state index contributed by atoms with van der Waals surface area (Å²) in [5, 5.41) is 5.33. The van der Waals surface area contributed by atoms with Crippen LogP contribution in [0.4, 0.5) is 0 Å². The van der Waals surface area contributed by atoms with Gasteiger partial charge in [-0.25, -0.2) is 0 Å². The Hall–Kier alpha value is -1.85. The zero-order valence-corrected chi connectivity index (χ0v) is 13.4. The second kappa shape index (κ2) is 6.94. The van der Waals surface area contributed by atoms with Crippen molar-refractivity contribution in [1.82, 2.24) is 10.2 Å². The van der Waals surface area contributed by atoms with Crippen LogP contribution in [-0.4, -0.2) is 36.5 Å². The Labute approximate surface area is 134 Å². The molecule has 116 valence electrons. The minimum absolute atomic E-state index is 0.0792. The molecule has 3 rings (SSSR count). The van der Waals surface area contributed by atoms with Crippen molar-refractivity contribution in [1.29, 1.82) is 0 Å². The summed E-state index contributed by atoms with van der Waals surface area (Å²) in [6.07, 6.45) is 0. The van der Waals surface area contributed by atoms with Gasteiger partial charge in [0.1, 0.15) is 12.4 Å². The predicted molar refractivity (Wildman–Crippen MR) is 88.5 cm³/mol. The molecule has 1 fully saturated rings. The van der Waals surface area contributed by atoms with Crippen molar-refractivity contribution in [2.24, 2.45) is 0 Å². The number of hydrogen-bond acceptors (Lipinski definition) is 4. The molecule has 1 amide bonds. The molecule has 2 aromatic rings. The fourth-order valence-corrected chi connectivity index (χ4v) is 3.19. The molecule has 0 unspecified atom stereocenters. The van der Waals surface area contributed by atoms with Gasteiger partial charge in [-0.05, 0) is 36.6 Å². The number of piperazine rings is 1. The van der Waals surface area contributed by atoms with E-state index in [2.05, 4.69) is 12.2 Å². The molecule has 0 aliphatic carbocycles. The molecule has 1 aromatic carbocycles. The molecule has 5 heteroatoms. The Morgan fingerprint density at radius 2 is 2.32 bits per heavy atom. The number of rotatable bonds is 4. The Balaban J connectivity index is 1.68. The van der Waals surface area contributed by atoms with E-state index in [1.807, 2.05) is 46.7 Å². The van der Waals surface area contributed by atoms with E-state index >= 15 is 0 Å². The van der Waals surface area contributed by atoms with Crippen LogP contribution < -0.4 is 10.1 Å². The van der Waals surface area contributed by atoms with E-state index in [0.717, 1.165) is 25.4 Å². The van der Waals surface area contributed by atoms with Crippen LogP contribution in [0.5, 0.6) is 5.75 Å². The Morgan fingerprint density at radius 1 is 1.41 bits per heavy atom. The lowest BCUT2D eigenvalue weighted by molar-refractivity contribution is 0.0655. The highest BCUT2D eigenvalue weighted by molar-refractivity contribution is 7.09. The first kappa shape index (κ1) is 15.1. The molecule has 0 radical (unpaired) electrons. The fraction of sp³-hybridized carbons (Fsp3) is 0.353. The van der Waals surface area contributed by atoms with Gasteiger partial charge in [0.05, 0.1) is 0 Å². The van der Waals surface area contributed by atoms with E-state index < -0.39 is 0 Å². The van der Waals surface area contributed by atoms with Crippen molar-refractivity contribution >= 4 is 17.2 Å². The van der Waals surface area contributed by atoms with E-state index in [1.165, 1.54) is 4.88 Å². The largest absolute Gasteiger partial charge is 0.488 e. The van der Waals surface area contributed by atoms with Gasteiger partial charge in [0.2, 0.25) is 0 Å². The zero-order chi connectivity index (χ0) is 15.4. The molecule has 1 aliphatic heterocycles. The monoisotopic (exact) mass is 316 g/mol. The normalized spacial score (nSPS) is 18.2. The molecule has 1 N–H and O–H groups in total. The number of nitrogens with zero attached hydrogens (tertiary/aromatic N) is 1. The third-order valence-electron chi connectivity index (χ3n) is 3.80. The highest BCUT2D eigenvalue weighted by atomic mass is 32.1. The van der Waals surface area contributed by atoms with E-state index in [-0.39, 0.29) is 11.9 Å². The van der Waals surface area contributed by atoms with Crippen LogP contribution in [0.3, 0.4) is 0 Å². The summed E-state index contributed by atoms with van der Waals surface area (Å²) in [7, 11) is 0. The van der Waals surface area contributed by atoms with Crippen LogP contribution in [0.25, 0.3) is 0 Å². The number of benzene rings is 1. The highest BCUT2D eigenvalue weighted by Gasteiger charge is 2.24. The maximum atomic E-state index is 12.6. The highest BCUT2D eigenvalue weighted by Crippen LogP contribution is 2.19. The molecule has 1 aromatic heterocycles. The van der Waals surface area contributed by atoms with Gasteiger partial charge in [-0.15, -0.1) is 11.3 Å². The molecular formula is C17H20N2O2S. The molecule has 1 atom stereocenters. The average Bonchev–Trinajstić information content (AvgIpc) is 3.06. The minimum atomic E-state index is 0.0792. The van der Waals surface area contributed by atoms with E-state index in [1.54, 1.807) is 11.3 Å². The lowest BCUT2D eigenvalue weighted by Gasteiger charge is -2.34. The van der Waals surface area contributed by atoms with E-state index in [0.29, 0.717) is 12.2 Å². The van der Waals surface area contributed by atoms with Crippen molar-refractivity contribution in [3.8, 4) is 5.75 Å². The van der Waals surface area contributed by atoms with Crippen LogP contribution >= 0.6 is 11.3 Å². The summed E-state index contributed by atoms with van der Waals surface area (Å²) in [6.45, 7) is 5.06. The van der Waals surface area contributed by atoms with Gasteiger partial charge >= 0.3 is 0 Å². The third-order valence-corrected chi connectivity index (χ3v) is 4.65. The van der Waals surface area contributed by atoms with Crippen LogP contribution in [0.1, 0.15) is 22.2 Å². The van der Waals surface area contributed by atoms with E-state index in [9.17, 15) is 4.79 Å². The third kappa shape index (κ3) is 3.48. The predicted octanol–water partition coefficient (Wildman–Crippen LogP) is 2.76. The molecule has 0 spiro atoms. The molecular weight excluding hydrogens is 296 g/mol. The van der Waals surface area contributed by atoms with Crippen LogP contribution in [0.2, 0.25) is 0 Å². The topological polar surface area (TPSA) is 41.6 Å². The van der Waals surface area contributed by atoms with Gasteiger partial charge in [0.25, 0.3) is 5.91 Å². The number of carbonyl (C=O) groups excluding carboxylic acids is 1. The second-order valence-electron chi connectivity index (χ2n) is 5.45. The number of ether oxygens (including phenoxy) is 1. The first-order valence-electron chi connectivity index (χ1n) is 7.51. The smallest absolute Gasteiger partial charge is 0.254 e. The second-order valence-corrected chi connectivity index (χ2v) is 6.48. The number of carbonyl (C=O) groups is 1. The maximum Gasteiger partial charge on any atom is 0.254 e. The summed E-state index contributed by atoms with van der Waals surface area (Å²) < 4.78 is 5.78. The van der Waals surface area contributed by atoms with Crippen LogP contribution in [0.15, 0.2) is 41.8 Å². The zero-order valence-electron chi connectivity index (χ0n) is 12.6. The van der Waals surface area contributed by atoms with Crippen molar-refractivity contribution in [2.45, 2.75) is 19.6 Å². The summed E-state index contributed by atoms with van der Waals surface area (Å²) in [5.74, 6) is 0.817. The van der Waals surface area contributed by atoms with E-state index in [4.69, 9.17) is 4.74 Å². The minimum Gasteiger partial charge on any atom is -0.488 e. The lowest BCUT2D eigenvalue weighted by Crippen LogP contribution is -2.52.